The SMILES string of the molecule is Cc1cc(C(=O)NCc2nc(C3CCCCC3)cs2)c(C)o1. The fourth-order valence-corrected chi connectivity index (χ4v) is 3.92. The van der Waals surface area contributed by atoms with Gasteiger partial charge in [-0.15, -0.1) is 11.3 Å². The summed E-state index contributed by atoms with van der Waals surface area (Å²) in [5.74, 6) is 1.95. The third kappa shape index (κ3) is 3.40. The molecule has 2 heterocycles. The van der Waals surface area contributed by atoms with Crippen LogP contribution in [0.15, 0.2) is 15.9 Å². The van der Waals surface area contributed by atoms with E-state index in [0.717, 1.165) is 10.8 Å². The molecule has 0 spiro atoms. The second-order valence-corrected chi connectivity index (χ2v) is 6.95. The molecule has 1 aliphatic carbocycles. The van der Waals surface area contributed by atoms with E-state index in [0.29, 0.717) is 23.8 Å². The Hall–Kier alpha value is -1.62. The highest BCUT2D eigenvalue weighted by Crippen LogP contribution is 2.33. The minimum absolute atomic E-state index is 0.0937. The second-order valence-electron chi connectivity index (χ2n) is 6.01. The summed E-state index contributed by atoms with van der Waals surface area (Å²) >= 11 is 1.64. The lowest BCUT2D eigenvalue weighted by Crippen LogP contribution is -2.23. The number of hydrogen-bond donors (Lipinski definition) is 1. The molecule has 1 fully saturated rings. The first-order valence-electron chi connectivity index (χ1n) is 7.93. The Labute approximate surface area is 134 Å². The molecule has 2 aromatic rings. The van der Waals surface area contributed by atoms with E-state index in [4.69, 9.17) is 9.40 Å². The largest absolute Gasteiger partial charge is 0.466 e. The highest BCUT2D eigenvalue weighted by Gasteiger charge is 2.19. The highest BCUT2D eigenvalue weighted by atomic mass is 32.1. The van der Waals surface area contributed by atoms with Crippen LogP contribution in [0.2, 0.25) is 0 Å². The van der Waals surface area contributed by atoms with Gasteiger partial charge in [-0.3, -0.25) is 4.79 Å². The molecule has 22 heavy (non-hydrogen) atoms. The third-order valence-electron chi connectivity index (χ3n) is 4.28. The Morgan fingerprint density at radius 2 is 2.14 bits per heavy atom. The van der Waals surface area contributed by atoms with Crippen molar-refractivity contribution in [1.29, 1.82) is 0 Å². The summed E-state index contributed by atoms with van der Waals surface area (Å²) < 4.78 is 5.40. The topological polar surface area (TPSA) is 55.1 Å². The number of thiazole rings is 1. The van der Waals surface area contributed by atoms with Crippen LogP contribution in [-0.4, -0.2) is 10.9 Å². The fourth-order valence-electron chi connectivity index (χ4n) is 3.10. The maximum Gasteiger partial charge on any atom is 0.255 e. The number of carbonyl (C=O) groups excluding carboxylic acids is 1. The Kier molecular flexibility index (Phi) is 4.62. The Morgan fingerprint density at radius 3 is 2.82 bits per heavy atom. The van der Waals surface area contributed by atoms with Crippen molar-refractivity contribution in [3.63, 3.8) is 0 Å². The summed E-state index contributed by atoms with van der Waals surface area (Å²) in [6.45, 7) is 4.15. The van der Waals surface area contributed by atoms with Crippen molar-refractivity contribution in [2.75, 3.05) is 0 Å². The van der Waals surface area contributed by atoms with Crippen LogP contribution in [0.3, 0.4) is 0 Å². The van der Waals surface area contributed by atoms with Crippen LogP contribution >= 0.6 is 11.3 Å². The fraction of sp³-hybridized carbons (Fsp3) is 0.529. The predicted octanol–water partition coefficient (Wildman–Crippen LogP) is 4.33. The molecule has 2 aromatic heterocycles. The van der Waals surface area contributed by atoms with Crippen molar-refractivity contribution in [3.05, 3.63) is 39.2 Å². The van der Waals surface area contributed by atoms with Crippen LogP contribution in [0.25, 0.3) is 0 Å². The minimum atomic E-state index is -0.0937. The van der Waals surface area contributed by atoms with Crippen molar-refractivity contribution in [2.24, 2.45) is 0 Å². The van der Waals surface area contributed by atoms with Crippen molar-refractivity contribution < 1.29 is 9.21 Å². The lowest BCUT2D eigenvalue weighted by Gasteiger charge is -2.19. The average Bonchev–Trinajstić information content (AvgIpc) is 3.12. The maximum absolute atomic E-state index is 12.2. The summed E-state index contributed by atoms with van der Waals surface area (Å²) in [6, 6.07) is 1.78. The lowest BCUT2D eigenvalue weighted by molar-refractivity contribution is 0.0949. The molecule has 1 aliphatic rings. The molecule has 0 radical (unpaired) electrons. The van der Waals surface area contributed by atoms with Crippen molar-refractivity contribution >= 4 is 17.2 Å². The molecule has 1 N–H and O–H groups in total. The number of aromatic nitrogens is 1. The summed E-state index contributed by atoms with van der Waals surface area (Å²) in [5, 5.41) is 6.07. The van der Waals surface area contributed by atoms with E-state index in [-0.39, 0.29) is 5.91 Å². The zero-order valence-electron chi connectivity index (χ0n) is 13.1. The summed E-state index contributed by atoms with van der Waals surface area (Å²) in [5.41, 5.74) is 1.82. The summed E-state index contributed by atoms with van der Waals surface area (Å²) in [4.78, 5) is 16.9. The molecular weight excluding hydrogens is 296 g/mol. The quantitative estimate of drug-likeness (QED) is 0.913. The standard InChI is InChI=1S/C17H22N2O2S/c1-11-8-14(12(2)21-11)17(20)18-9-16-19-15(10-22-16)13-6-4-3-5-7-13/h8,10,13H,3-7,9H2,1-2H3,(H,18,20). The molecule has 1 amide bonds. The molecule has 0 saturated heterocycles. The van der Waals surface area contributed by atoms with Gasteiger partial charge in [0.25, 0.3) is 5.91 Å². The number of hydrogen-bond acceptors (Lipinski definition) is 4. The van der Waals surface area contributed by atoms with Gasteiger partial charge in [-0.25, -0.2) is 4.98 Å². The van der Waals surface area contributed by atoms with E-state index in [1.165, 1.54) is 37.8 Å². The average molecular weight is 318 g/mol. The van der Waals surface area contributed by atoms with Crippen molar-refractivity contribution in [2.45, 2.75) is 58.4 Å². The normalized spacial score (nSPS) is 15.9. The maximum atomic E-state index is 12.2. The van der Waals surface area contributed by atoms with Crippen molar-refractivity contribution in [1.82, 2.24) is 10.3 Å². The van der Waals surface area contributed by atoms with Gasteiger partial charge in [0, 0.05) is 11.3 Å². The van der Waals surface area contributed by atoms with Crippen LogP contribution in [0.1, 0.15) is 70.6 Å². The number of nitrogens with one attached hydrogen (secondary N) is 1. The van der Waals surface area contributed by atoms with Gasteiger partial charge in [0.05, 0.1) is 17.8 Å². The van der Waals surface area contributed by atoms with Crippen LogP contribution in [0.5, 0.6) is 0 Å². The zero-order chi connectivity index (χ0) is 15.5. The molecule has 5 heteroatoms. The van der Waals surface area contributed by atoms with Gasteiger partial charge >= 0.3 is 0 Å². The molecule has 4 nitrogen and oxygen atoms in total. The summed E-state index contributed by atoms with van der Waals surface area (Å²) in [7, 11) is 0. The number of nitrogens with zero attached hydrogens (tertiary/aromatic N) is 1. The lowest BCUT2D eigenvalue weighted by atomic mass is 9.87. The van der Waals surface area contributed by atoms with Gasteiger partial charge in [-0.2, -0.15) is 0 Å². The van der Waals surface area contributed by atoms with Gasteiger partial charge in [0.2, 0.25) is 0 Å². The van der Waals surface area contributed by atoms with E-state index >= 15 is 0 Å². The summed E-state index contributed by atoms with van der Waals surface area (Å²) in [6.07, 6.45) is 6.49. The van der Waals surface area contributed by atoms with Crippen molar-refractivity contribution in [3.8, 4) is 0 Å². The second kappa shape index (κ2) is 6.65. The molecular formula is C17H22N2O2S. The Balaban J connectivity index is 1.58. The van der Waals surface area contributed by atoms with Gasteiger partial charge in [-0.05, 0) is 32.8 Å². The van der Waals surface area contributed by atoms with Crippen LogP contribution in [-0.2, 0) is 6.54 Å². The van der Waals surface area contributed by atoms with Gasteiger partial charge in [0.1, 0.15) is 16.5 Å². The number of carbonyl (C=O) groups is 1. The van der Waals surface area contributed by atoms with E-state index in [1.54, 1.807) is 17.4 Å². The molecule has 0 aromatic carbocycles. The van der Waals surface area contributed by atoms with Gasteiger partial charge in [-0.1, -0.05) is 19.3 Å². The first-order valence-corrected chi connectivity index (χ1v) is 8.81. The Bertz CT molecular complexity index is 653. The zero-order valence-corrected chi connectivity index (χ0v) is 14.0. The van der Waals surface area contributed by atoms with E-state index in [2.05, 4.69) is 10.7 Å². The molecule has 118 valence electrons. The van der Waals surface area contributed by atoms with E-state index < -0.39 is 0 Å². The molecule has 1 saturated carbocycles. The number of rotatable bonds is 4. The number of amides is 1. The van der Waals surface area contributed by atoms with E-state index in [1.807, 2.05) is 13.8 Å². The Morgan fingerprint density at radius 1 is 1.36 bits per heavy atom. The monoisotopic (exact) mass is 318 g/mol. The number of furan rings is 1. The first-order chi connectivity index (χ1) is 10.6. The molecule has 0 aliphatic heterocycles. The highest BCUT2D eigenvalue weighted by molar-refractivity contribution is 7.09. The number of aryl methyl sites for hydroxylation is 2. The molecule has 0 bridgehead atoms. The van der Waals surface area contributed by atoms with E-state index in [9.17, 15) is 4.79 Å². The van der Waals surface area contributed by atoms with Crippen LogP contribution < -0.4 is 5.32 Å². The smallest absolute Gasteiger partial charge is 0.255 e. The third-order valence-corrected chi connectivity index (χ3v) is 5.15. The molecule has 3 rings (SSSR count). The van der Waals surface area contributed by atoms with Crippen LogP contribution in [0.4, 0.5) is 0 Å². The van der Waals surface area contributed by atoms with Gasteiger partial charge < -0.3 is 9.73 Å². The minimum Gasteiger partial charge on any atom is -0.466 e. The molecule has 0 atom stereocenters. The first kappa shape index (κ1) is 15.3. The molecule has 0 unspecified atom stereocenters. The van der Waals surface area contributed by atoms with Gasteiger partial charge in [0.15, 0.2) is 0 Å². The predicted molar refractivity (Wildman–Crippen MR) is 87.3 cm³/mol. The van der Waals surface area contributed by atoms with Crippen LogP contribution in [0, 0.1) is 13.8 Å².